The van der Waals surface area contributed by atoms with Crippen molar-refractivity contribution in [3.8, 4) is 0 Å². The average Bonchev–Trinajstić information content (AvgIpc) is 3.00. The number of aromatic nitrogens is 1. The minimum Gasteiger partial charge on any atom is -0.298 e. The van der Waals surface area contributed by atoms with E-state index in [0.29, 0.717) is 5.13 Å². The summed E-state index contributed by atoms with van der Waals surface area (Å²) in [5, 5.41) is 4.91. The van der Waals surface area contributed by atoms with Gasteiger partial charge in [0.15, 0.2) is 5.13 Å². The number of fused-ring (bicyclic) bond motifs is 3. The van der Waals surface area contributed by atoms with Crippen LogP contribution in [-0.4, -0.2) is 10.9 Å². The molecule has 1 heterocycles. The van der Waals surface area contributed by atoms with Crippen LogP contribution in [0.4, 0.5) is 13.9 Å². The van der Waals surface area contributed by atoms with E-state index in [9.17, 15) is 13.6 Å². The summed E-state index contributed by atoms with van der Waals surface area (Å²) in [5.41, 5.74) is 0.423. The Morgan fingerprint density at radius 1 is 1.04 bits per heavy atom. The molecule has 4 aromatic rings. The van der Waals surface area contributed by atoms with E-state index >= 15 is 0 Å². The number of amides is 1. The average molecular weight is 340 g/mol. The fourth-order valence-electron chi connectivity index (χ4n) is 2.55. The van der Waals surface area contributed by atoms with E-state index in [-0.39, 0.29) is 5.56 Å². The molecule has 0 aliphatic heterocycles. The molecule has 0 aliphatic rings. The minimum absolute atomic E-state index is 0.343. The van der Waals surface area contributed by atoms with E-state index in [4.69, 9.17) is 0 Å². The lowest BCUT2D eigenvalue weighted by molar-refractivity contribution is 0.102. The summed E-state index contributed by atoms with van der Waals surface area (Å²) in [6, 6.07) is 14.5. The van der Waals surface area contributed by atoms with Gasteiger partial charge in [-0.1, -0.05) is 41.7 Å². The number of halogens is 2. The molecule has 118 valence electrons. The molecule has 0 atom stereocenters. The summed E-state index contributed by atoms with van der Waals surface area (Å²) >= 11 is 1.29. The zero-order chi connectivity index (χ0) is 16.7. The first-order valence-corrected chi connectivity index (χ1v) is 7.98. The van der Waals surface area contributed by atoms with Gasteiger partial charge in [0.25, 0.3) is 5.91 Å². The second-order valence-corrected chi connectivity index (χ2v) is 6.26. The van der Waals surface area contributed by atoms with Gasteiger partial charge in [-0.3, -0.25) is 10.1 Å². The van der Waals surface area contributed by atoms with E-state index < -0.39 is 17.5 Å². The van der Waals surface area contributed by atoms with Gasteiger partial charge in [0.2, 0.25) is 0 Å². The van der Waals surface area contributed by atoms with Gasteiger partial charge in [-0.05, 0) is 29.7 Å². The van der Waals surface area contributed by atoms with Gasteiger partial charge in [0.05, 0.1) is 15.8 Å². The number of nitrogens with one attached hydrogen (secondary N) is 1. The van der Waals surface area contributed by atoms with Crippen molar-refractivity contribution >= 4 is 43.4 Å². The van der Waals surface area contributed by atoms with Crippen molar-refractivity contribution in [3.63, 3.8) is 0 Å². The van der Waals surface area contributed by atoms with Crippen LogP contribution >= 0.6 is 11.3 Å². The quantitative estimate of drug-likeness (QED) is 0.559. The van der Waals surface area contributed by atoms with Crippen molar-refractivity contribution in [2.75, 3.05) is 5.32 Å². The number of thiazole rings is 1. The molecule has 0 saturated heterocycles. The maximum atomic E-state index is 13.7. The largest absolute Gasteiger partial charge is 0.298 e. The normalized spacial score (nSPS) is 11.1. The highest BCUT2D eigenvalue weighted by molar-refractivity contribution is 7.22. The molecule has 0 unspecified atom stereocenters. The van der Waals surface area contributed by atoms with E-state index in [1.165, 1.54) is 11.3 Å². The SMILES string of the molecule is O=C(Nc1nc2c(ccc3ccccc32)s1)c1cc(F)ccc1F. The van der Waals surface area contributed by atoms with Crippen molar-refractivity contribution in [2.24, 2.45) is 0 Å². The smallest absolute Gasteiger partial charge is 0.260 e. The summed E-state index contributed by atoms with van der Waals surface area (Å²) in [6.07, 6.45) is 0. The van der Waals surface area contributed by atoms with E-state index in [0.717, 1.165) is 39.2 Å². The summed E-state index contributed by atoms with van der Waals surface area (Å²) in [4.78, 5) is 16.6. The van der Waals surface area contributed by atoms with Gasteiger partial charge in [-0.15, -0.1) is 0 Å². The number of nitrogens with zero attached hydrogens (tertiary/aromatic N) is 1. The topological polar surface area (TPSA) is 42.0 Å². The predicted molar refractivity (Wildman–Crippen MR) is 91.4 cm³/mol. The molecular formula is C18H10F2N2OS. The minimum atomic E-state index is -0.777. The summed E-state index contributed by atoms with van der Waals surface area (Å²) in [7, 11) is 0. The maximum absolute atomic E-state index is 13.7. The summed E-state index contributed by atoms with van der Waals surface area (Å²) in [5.74, 6) is -2.17. The fourth-order valence-corrected chi connectivity index (χ4v) is 3.43. The Morgan fingerprint density at radius 2 is 1.88 bits per heavy atom. The van der Waals surface area contributed by atoms with Crippen LogP contribution in [0.1, 0.15) is 10.4 Å². The van der Waals surface area contributed by atoms with Crippen molar-refractivity contribution < 1.29 is 13.6 Å². The number of rotatable bonds is 2. The van der Waals surface area contributed by atoms with Gasteiger partial charge in [0.1, 0.15) is 11.6 Å². The summed E-state index contributed by atoms with van der Waals surface area (Å²) in [6.45, 7) is 0. The molecule has 3 nitrogen and oxygen atoms in total. The van der Waals surface area contributed by atoms with Crippen LogP contribution in [0.3, 0.4) is 0 Å². The van der Waals surface area contributed by atoms with Gasteiger partial charge < -0.3 is 0 Å². The number of carbonyl (C=O) groups is 1. The number of benzene rings is 3. The predicted octanol–water partition coefficient (Wildman–Crippen LogP) is 4.98. The summed E-state index contributed by atoms with van der Waals surface area (Å²) < 4.78 is 27.8. The Labute approximate surface area is 139 Å². The number of hydrogen-bond acceptors (Lipinski definition) is 3. The highest BCUT2D eigenvalue weighted by atomic mass is 32.1. The molecule has 1 aromatic heterocycles. The molecule has 0 bridgehead atoms. The van der Waals surface area contributed by atoms with Crippen molar-refractivity contribution in [1.82, 2.24) is 4.98 Å². The van der Waals surface area contributed by atoms with Crippen LogP contribution in [0.5, 0.6) is 0 Å². The highest BCUT2D eigenvalue weighted by Gasteiger charge is 2.15. The molecule has 0 spiro atoms. The van der Waals surface area contributed by atoms with Crippen LogP contribution in [-0.2, 0) is 0 Å². The first-order valence-electron chi connectivity index (χ1n) is 7.16. The van der Waals surface area contributed by atoms with Gasteiger partial charge >= 0.3 is 0 Å². The lowest BCUT2D eigenvalue weighted by atomic mass is 10.1. The molecule has 1 amide bonds. The molecule has 0 saturated carbocycles. The van der Waals surface area contributed by atoms with Gasteiger partial charge in [-0.25, -0.2) is 13.8 Å². The standard InChI is InChI=1S/C18H10F2N2OS/c19-11-6-7-14(20)13(9-11)17(23)22-18-21-16-12-4-2-1-3-10(12)5-8-15(16)24-18/h1-9H,(H,21,22,23). The highest BCUT2D eigenvalue weighted by Crippen LogP contribution is 2.31. The lowest BCUT2D eigenvalue weighted by Crippen LogP contribution is -2.13. The molecular weight excluding hydrogens is 330 g/mol. The molecule has 0 aliphatic carbocycles. The second-order valence-electron chi connectivity index (χ2n) is 5.23. The Bertz CT molecular complexity index is 1090. The fraction of sp³-hybridized carbons (Fsp3) is 0. The monoisotopic (exact) mass is 340 g/mol. The van der Waals surface area contributed by atoms with Crippen molar-refractivity contribution in [3.05, 3.63) is 71.8 Å². The van der Waals surface area contributed by atoms with Gasteiger partial charge in [-0.2, -0.15) is 0 Å². The third-order valence-electron chi connectivity index (χ3n) is 3.68. The van der Waals surface area contributed by atoms with Crippen LogP contribution in [0.15, 0.2) is 54.6 Å². The van der Waals surface area contributed by atoms with E-state index in [2.05, 4.69) is 10.3 Å². The zero-order valence-electron chi connectivity index (χ0n) is 12.2. The van der Waals surface area contributed by atoms with Crippen molar-refractivity contribution in [1.29, 1.82) is 0 Å². The number of hydrogen-bond donors (Lipinski definition) is 1. The van der Waals surface area contributed by atoms with Crippen molar-refractivity contribution in [2.45, 2.75) is 0 Å². The van der Waals surface area contributed by atoms with Crippen LogP contribution in [0, 0.1) is 11.6 Å². The Morgan fingerprint density at radius 3 is 2.75 bits per heavy atom. The number of anilines is 1. The molecule has 1 N–H and O–H groups in total. The molecule has 4 rings (SSSR count). The third-order valence-corrected chi connectivity index (χ3v) is 4.61. The van der Waals surface area contributed by atoms with Gasteiger partial charge in [0, 0.05) is 5.39 Å². The Balaban J connectivity index is 1.73. The molecule has 0 radical (unpaired) electrons. The molecule has 3 aromatic carbocycles. The van der Waals surface area contributed by atoms with E-state index in [1.54, 1.807) is 0 Å². The van der Waals surface area contributed by atoms with Crippen LogP contribution in [0.25, 0.3) is 21.0 Å². The zero-order valence-corrected chi connectivity index (χ0v) is 13.0. The van der Waals surface area contributed by atoms with E-state index in [1.807, 2.05) is 36.4 Å². The van der Waals surface area contributed by atoms with Crippen LogP contribution in [0.2, 0.25) is 0 Å². The molecule has 24 heavy (non-hydrogen) atoms. The molecule has 6 heteroatoms. The first kappa shape index (κ1) is 14.7. The molecule has 0 fully saturated rings. The third kappa shape index (κ3) is 2.51. The maximum Gasteiger partial charge on any atom is 0.260 e. The first-order chi connectivity index (χ1) is 11.6. The second kappa shape index (κ2) is 5.65. The number of carbonyl (C=O) groups excluding carboxylic acids is 1. The Kier molecular flexibility index (Phi) is 3.46. The van der Waals surface area contributed by atoms with Crippen LogP contribution < -0.4 is 5.32 Å². The lowest BCUT2D eigenvalue weighted by Gasteiger charge is -2.03. The Hall–Kier alpha value is -2.86.